The van der Waals surface area contributed by atoms with Crippen molar-refractivity contribution in [3.63, 3.8) is 0 Å². The number of carbonyl (C=O) groups excluding carboxylic acids is 1. The van der Waals surface area contributed by atoms with Crippen molar-refractivity contribution in [3.8, 4) is 0 Å². The number of halogens is 1. The van der Waals surface area contributed by atoms with Gasteiger partial charge in [-0.1, -0.05) is 19.1 Å². The van der Waals surface area contributed by atoms with Crippen molar-refractivity contribution in [3.05, 3.63) is 35.6 Å². The summed E-state index contributed by atoms with van der Waals surface area (Å²) in [5.41, 5.74) is 5.59. The van der Waals surface area contributed by atoms with Crippen LogP contribution in [-0.4, -0.2) is 52.4 Å². The number of nitrogens with zero attached hydrogens (tertiary/aromatic N) is 1. The molecule has 0 saturated carbocycles. The topological polar surface area (TPSA) is 84.8 Å². The number of aliphatic hydroxyl groups excluding tert-OH is 1. The molecule has 1 amide bonds. The molecule has 2 aliphatic rings. The van der Waals surface area contributed by atoms with Crippen molar-refractivity contribution in [1.29, 1.82) is 0 Å². The van der Waals surface area contributed by atoms with Gasteiger partial charge in [0.2, 0.25) is 5.91 Å². The summed E-state index contributed by atoms with van der Waals surface area (Å²) >= 11 is 0. The Labute approximate surface area is 140 Å². The Hall–Kier alpha value is -1.54. The van der Waals surface area contributed by atoms with Crippen LogP contribution in [0.5, 0.6) is 0 Å². The standard InChI is InChI=1S/C17H24FN3O3/c1-2-17(24)6-7-21(10-14(17)22)16(23)13-9-19-20-15(13)11-4-3-5-12(18)8-11/h3-5,8,13-15,19-20,22,24H,2,6-7,9-10H2,1H3/t13?,14-,15?,17-/m1/s1. The maximum absolute atomic E-state index is 13.5. The Morgan fingerprint density at radius 3 is 2.96 bits per heavy atom. The van der Waals surface area contributed by atoms with Gasteiger partial charge in [0.05, 0.1) is 17.6 Å². The van der Waals surface area contributed by atoms with Crippen LogP contribution in [0.2, 0.25) is 0 Å². The highest BCUT2D eigenvalue weighted by molar-refractivity contribution is 5.80. The zero-order chi connectivity index (χ0) is 17.3. The van der Waals surface area contributed by atoms with Crippen molar-refractivity contribution >= 4 is 5.91 Å². The summed E-state index contributed by atoms with van der Waals surface area (Å²) in [5.74, 6) is -0.820. The molecule has 1 aromatic carbocycles. The predicted octanol–water partition coefficient (Wildman–Crippen LogP) is 0.325. The molecule has 0 radical (unpaired) electrons. The van der Waals surface area contributed by atoms with Gasteiger partial charge < -0.3 is 15.1 Å². The average Bonchev–Trinajstić information content (AvgIpc) is 3.06. The lowest BCUT2D eigenvalue weighted by Gasteiger charge is -2.42. The molecule has 2 saturated heterocycles. The van der Waals surface area contributed by atoms with Gasteiger partial charge in [0, 0.05) is 19.6 Å². The predicted molar refractivity (Wildman–Crippen MR) is 86.2 cm³/mol. The highest BCUT2D eigenvalue weighted by Crippen LogP contribution is 2.31. The fraction of sp³-hybridized carbons (Fsp3) is 0.588. The lowest BCUT2D eigenvalue weighted by Crippen LogP contribution is -2.57. The summed E-state index contributed by atoms with van der Waals surface area (Å²) in [6, 6.07) is 5.88. The fourth-order valence-electron chi connectivity index (χ4n) is 3.56. The lowest BCUT2D eigenvalue weighted by molar-refractivity contribution is -0.153. The first-order chi connectivity index (χ1) is 11.4. The Bertz CT molecular complexity index is 614. The Morgan fingerprint density at radius 2 is 2.29 bits per heavy atom. The molecule has 0 aromatic heterocycles. The summed E-state index contributed by atoms with van der Waals surface area (Å²) in [6.45, 7) is 2.79. The van der Waals surface area contributed by atoms with Gasteiger partial charge in [-0.25, -0.2) is 9.82 Å². The number of hydrazine groups is 1. The maximum atomic E-state index is 13.5. The molecule has 2 heterocycles. The molecule has 2 fully saturated rings. The van der Waals surface area contributed by atoms with Crippen molar-refractivity contribution < 1.29 is 19.4 Å². The van der Waals surface area contributed by atoms with E-state index in [1.54, 1.807) is 17.0 Å². The number of rotatable bonds is 3. The van der Waals surface area contributed by atoms with Crippen LogP contribution in [-0.2, 0) is 4.79 Å². The van der Waals surface area contributed by atoms with Crippen LogP contribution in [0, 0.1) is 11.7 Å². The molecule has 7 heteroatoms. The van der Waals surface area contributed by atoms with Crippen molar-refractivity contribution in [2.75, 3.05) is 19.6 Å². The van der Waals surface area contributed by atoms with E-state index in [1.165, 1.54) is 12.1 Å². The van der Waals surface area contributed by atoms with E-state index in [2.05, 4.69) is 10.9 Å². The summed E-state index contributed by atoms with van der Waals surface area (Å²) < 4.78 is 13.5. The highest BCUT2D eigenvalue weighted by Gasteiger charge is 2.43. The normalized spacial score (nSPS) is 33.7. The SMILES string of the molecule is CC[C@@]1(O)CCN(C(=O)C2CNNC2c2cccc(F)c2)C[C@H]1O. The van der Waals surface area contributed by atoms with Crippen LogP contribution in [0.1, 0.15) is 31.4 Å². The summed E-state index contributed by atoms with van der Waals surface area (Å²) in [4.78, 5) is 14.5. The molecule has 2 aliphatic heterocycles. The molecule has 4 atom stereocenters. The smallest absolute Gasteiger partial charge is 0.229 e. The van der Waals surface area contributed by atoms with E-state index in [4.69, 9.17) is 0 Å². The van der Waals surface area contributed by atoms with Gasteiger partial charge in [0.1, 0.15) is 11.9 Å². The third-order valence-corrected chi connectivity index (χ3v) is 5.26. The minimum absolute atomic E-state index is 0.0982. The van der Waals surface area contributed by atoms with Gasteiger partial charge in [-0.05, 0) is 30.5 Å². The molecular weight excluding hydrogens is 313 g/mol. The molecule has 3 rings (SSSR count). The largest absolute Gasteiger partial charge is 0.388 e. The average molecular weight is 337 g/mol. The molecule has 0 spiro atoms. The zero-order valence-electron chi connectivity index (χ0n) is 13.7. The van der Waals surface area contributed by atoms with E-state index in [-0.39, 0.29) is 30.2 Å². The number of aliphatic hydroxyl groups is 2. The van der Waals surface area contributed by atoms with Crippen LogP contribution in [0.3, 0.4) is 0 Å². The van der Waals surface area contributed by atoms with Gasteiger partial charge in [0.25, 0.3) is 0 Å². The minimum atomic E-state index is -1.12. The van der Waals surface area contributed by atoms with Gasteiger partial charge >= 0.3 is 0 Å². The Kier molecular flexibility index (Phi) is 4.87. The monoisotopic (exact) mass is 337 g/mol. The number of likely N-dealkylation sites (tertiary alicyclic amines) is 1. The number of benzene rings is 1. The van der Waals surface area contributed by atoms with Crippen molar-refractivity contribution in [1.82, 2.24) is 15.8 Å². The first-order valence-corrected chi connectivity index (χ1v) is 8.37. The second-order valence-electron chi connectivity index (χ2n) is 6.67. The van der Waals surface area contributed by atoms with Gasteiger partial charge in [0.15, 0.2) is 0 Å². The second kappa shape index (κ2) is 6.76. The Morgan fingerprint density at radius 1 is 1.50 bits per heavy atom. The second-order valence-corrected chi connectivity index (χ2v) is 6.67. The third-order valence-electron chi connectivity index (χ3n) is 5.26. The van der Waals surface area contributed by atoms with Crippen LogP contribution >= 0.6 is 0 Å². The van der Waals surface area contributed by atoms with Crippen molar-refractivity contribution in [2.24, 2.45) is 5.92 Å². The first kappa shape index (κ1) is 17.3. The number of β-amino-alcohol motifs (C(OH)–C–C–N with tert-alkyl or cyclic N) is 1. The molecule has 132 valence electrons. The number of nitrogens with one attached hydrogen (secondary N) is 2. The third kappa shape index (κ3) is 3.17. The van der Waals surface area contributed by atoms with Crippen molar-refractivity contribution in [2.45, 2.75) is 37.5 Å². The van der Waals surface area contributed by atoms with E-state index in [0.29, 0.717) is 31.5 Å². The minimum Gasteiger partial charge on any atom is -0.388 e. The highest BCUT2D eigenvalue weighted by atomic mass is 19.1. The van der Waals surface area contributed by atoms with E-state index in [0.717, 1.165) is 0 Å². The lowest BCUT2D eigenvalue weighted by atomic mass is 9.85. The fourth-order valence-corrected chi connectivity index (χ4v) is 3.56. The number of amides is 1. The molecule has 6 nitrogen and oxygen atoms in total. The molecule has 1 aromatic rings. The number of piperidine rings is 1. The molecule has 0 bridgehead atoms. The number of carbonyl (C=O) groups is 1. The molecule has 0 aliphatic carbocycles. The molecular formula is C17H24FN3O3. The van der Waals surface area contributed by atoms with E-state index >= 15 is 0 Å². The number of hydrogen-bond donors (Lipinski definition) is 4. The van der Waals surface area contributed by atoms with E-state index < -0.39 is 11.7 Å². The summed E-state index contributed by atoms with van der Waals surface area (Å²) in [6.07, 6.45) is -0.140. The summed E-state index contributed by atoms with van der Waals surface area (Å²) in [7, 11) is 0. The van der Waals surface area contributed by atoms with E-state index in [9.17, 15) is 19.4 Å². The Balaban J connectivity index is 1.73. The quantitative estimate of drug-likeness (QED) is 0.639. The first-order valence-electron chi connectivity index (χ1n) is 8.37. The zero-order valence-corrected chi connectivity index (χ0v) is 13.7. The van der Waals surface area contributed by atoms with Gasteiger partial charge in [-0.2, -0.15) is 0 Å². The van der Waals surface area contributed by atoms with Crippen LogP contribution < -0.4 is 10.9 Å². The van der Waals surface area contributed by atoms with Gasteiger partial charge in [-0.3, -0.25) is 10.2 Å². The maximum Gasteiger partial charge on any atom is 0.229 e. The molecule has 2 unspecified atom stereocenters. The van der Waals surface area contributed by atoms with Crippen LogP contribution in [0.4, 0.5) is 4.39 Å². The van der Waals surface area contributed by atoms with Crippen LogP contribution in [0.15, 0.2) is 24.3 Å². The molecule has 24 heavy (non-hydrogen) atoms. The molecule has 4 N–H and O–H groups in total. The van der Waals surface area contributed by atoms with E-state index in [1.807, 2.05) is 6.92 Å². The number of hydrogen-bond acceptors (Lipinski definition) is 5. The van der Waals surface area contributed by atoms with Gasteiger partial charge in [-0.15, -0.1) is 0 Å². The van der Waals surface area contributed by atoms with Crippen LogP contribution in [0.25, 0.3) is 0 Å². The summed E-state index contributed by atoms with van der Waals surface area (Å²) in [5, 5.41) is 20.5.